The molecule has 0 atom stereocenters. The zero-order valence-electron chi connectivity index (χ0n) is 15.3. The molecule has 0 rings (SSSR count). The third kappa shape index (κ3) is 27.5. The molecule has 2 N–H and O–H groups in total. The van der Waals surface area contributed by atoms with Crippen molar-refractivity contribution < 1.29 is 9.90 Å². The molecule has 0 heterocycles. The van der Waals surface area contributed by atoms with Crippen molar-refractivity contribution in [1.29, 1.82) is 0 Å². The Hall–Kier alpha value is 1.17. The van der Waals surface area contributed by atoms with Crippen LogP contribution in [0.15, 0.2) is 12.2 Å². The van der Waals surface area contributed by atoms with E-state index in [0.29, 0.717) is 13.0 Å². The maximum atomic E-state index is 11.3. The summed E-state index contributed by atoms with van der Waals surface area (Å²) < 4.78 is 0. The number of hydrogen-bond donors (Lipinski definition) is 2. The fourth-order valence-electron chi connectivity index (χ4n) is 2.64. The van der Waals surface area contributed by atoms with Crippen molar-refractivity contribution in [3.05, 3.63) is 12.2 Å². The molecule has 0 aliphatic carbocycles. The minimum absolute atomic E-state index is 0. The van der Waals surface area contributed by atoms with E-state index in [-0.39, 0.29) is 71.6 Å². The first kappa shape index (κ1) is 30.9. The Kier molecular flexibility index (Phi) is 33.8. The monoisotopic (exact) mass is 373 g/mol. The Balaban J connectivity index is -0.00000242. The number of nitrogens with one attached hydrogen (secondary N) is 1. The number of rotatable bonds is 17. The van der Waals surface area contributed by atoms with Crippen molar-refractivity contribution in [3.63, 3.8) is 0 Å². The van der Waals surface area contributed by atoms with Crippen LogP contribution in [0.25, 0.3) is 0 Å². The van der Waals surface area contributed by atoms with Crippen LogP contribution in [0.2, 0.25) is 0 Å². The number of aliphatic hydroxyl groups excluding tert-OH is 1. The zero-order valence-corrected chi connectivity index (χ0v) is 15.3. The third-order valence-corrected chi connectivity index (χ3v) is 4.10. The van der Waals surface area contributed by atoms with Crippen LogP contribution < -0.4 is 5.32 Å². The molecule has 0 saturated carbocycles. The number of amides is 1. The fourth-order valence-corrected chi connectivity index (χ4v) is 2.64. The number of allylic oxidation sites excluding steroid dienone is 2. The molecule has 3 nitrogen and oxygen atoms in total. The number of carbonyl (C=O) groups is 1. The molecule has 140 valence electrons. The molecule has 0 aromatic rings. The van der Waals surface area contributed by atoms with E-state index in [9.17, 15) is 4.79 Å². The van der Waals surface area contributed by atoms with Crippen molar-refractivity contribution in [2.24, 2.45) is 0 Å². The van der Waals surface area contributed by atoms with Gasteiger partial charge in [-0.1, -0.05) is 70.4 Å². The van der Waals surface area contributed by atoms with E-state index in [2.05, 4.69) is 24.4 Å². The van der Waals surface area contributed by atoms with Crippen molar-refractivity contribution in [1.82, 2.24) is 5.32 Å². The molecule has 0 aromatic carbocycles. The average molecular weight is 374 g/mol. The SMILES string of the molecule is CCCCCCCC/C=C\CCCCCCCC(=O)NCCO.[NaH].[NaH]. The van der Waals surface area contributed by atoms with E-state index in [1.54, 1.807) is 0 Å². The molecular weight excluding hydrogens is 332 g/mol. The van der Waals surface area contributed by atoms with Crippen LogP contribution in [0.3, 0.4) is 0 Å². The summed E-state index contributed by atoms with van der Waals surface area (Å²) in [6.45, 7) is 2.67. The van der Waals surface area contributed by atoms with Crippen LogP contribution >= 0.6 is 0 Å². The summed E-state index contributed by atoms with van der Waals surface area (Å²) in [5, 5.41) is 11.3. The van der Waals surface area contributed by atoms with E-state index in [1.165, 1.54) is 70.6 Å². The Morgan fingerprint density at radius 1 is 0.800 bits per heavy atom. The van der Waals surface area contributed by atoms with Gasteiger partial charge in [0.15, 0.2) is 0 Å². The summed E-state index contributed by atoms with van der Waals surface area (Å²) in [6.07, 6.45) is 21.8. The van der Waals surface area contributed by atoms with Crippen LogP contribution in [0.4, 0.5) is 0 Å². The molecule has 0 aromatic heterocycles. The van der Waals surface area contributed by atoms with Gasteiger partial charge >= 0.3 is 59.1 Å². The van der Waals surface area contributed by atoms with E-state index in [0.717, 1.165) is 12.8 Å². The van der Waals surface area contributed by atoms with Gasteiger partial charge in [0.05, 0.1) is 6.61 Å². The Labute approximate surface area is 200 Å². The van der Waals surface area contributed by atoms with Gasteiger partial charge in [-0.2, -0.15) is 0 Å². The van der Waals surface area contributed by atoms with Crippen LogP contribution in [0.1, 0.15) is 96.8 Å². The third-order valence-electron chi connectivity index (χ3n) is 4.10. The molecule has 0 saturated heterocycles. The molecule has 0 aliphatic rings. The first-order chi connectivity index (χ1) is 11.3. The molecule has 0 bridgehead atoms. The fraction of sp³-hybridized carbons (Fsp3) is 0.850. The molecule has 0 unspecified atom stereocenters. The standard InChI is InChI=1S/C20H39NO2.2Na.2H/c1-2-3-4-5-6-7-8-9-10-11-12-13-14-15-16-17-20(23)21-18-19-22;;;;/h9-10,22H,2-8,11-19H2,1H3,(H,21,23);;;;/b10-9-;;;;. The topological polar surface area (TPSA) is 49.3 Å². The van der Waals surface area contributed by atoms with Crippen molar-refractivity contribution in [2.75, 3.05) is 13.2 Å². The molecule has 0 fully saturated rings. The summed E-state index contributed by atoms with van der Waals surface area (Å²) in [5.74, 6) is 0.0664. The van der Waals surface area contributed by atoms with Crippen molar-refractivity contribution in [3.8, 4) is 0 Å². The second-order valence-electron chi connectivity index (χ2n) is 6.41. The van der Waals surface area contributed by atoms with Crippen molar-refractivity contribution >= 4 is 65.0 Å². The second-order valence-corrected chi connectivity index (χ2v) is 6.41. The molecule has 0 aliphatic heterocycles. The molecule has 0 spiro atoms. The van der Waals surface area contributed by atoms with Gasteiger partial charge in [0.2, 0.25) is 5.91 Å². The van der Waals surface area contributed by atoms with E-state index in [4.69, 9.17) is 5.11 Å². The molecule has 5 heteroatoms. The predicted molar refractivity (Wildman–Crippen MR) is 114 cm³/mol. The van der Waals surface area contributed by atoms with Gasteiger partial charge in [-0.05, 0) is 32.1 Å². The minimum atomic E-state index is 0. The summed E-state index contributed by atoms with van der Waals surface area (Å²) >= 11 is 0. The summed E-state index contributed by atoms with van der Waals surface area (Å²) in [7, 11) is 0. The van der Waals surface area contributed by atoms with Crippen molar-refractivity contribution in [2.45, 2.75) is 96.8 Å². The molecule has 25 heavy (non-hydrogen) atoms. The average Bonchev–Trinajstić information content (AvgIpc) is 2.56. The maximum absolute atomic E-state index is 11.3. The van der Waals surface area contributed by atoms with Crippen LogP contribution in [0.5, 0.6) is 0 Å². The van der Waals surface area contributed by atoms with Gasteiger partial charge in [-0.15, -0.1) is 0 Å². The normalized spacial score (nSPS) is 10.3. The van der Waals surface area contributed by atoms with Gasteiger partial charge in [-0.3, -0.25) is 4.79 Å². The molecule has 0 radical (unpaired) electrons. The van der Waals surface area contributed by atoms with Crippen LogP contribution in [-0.4, -0.2) is 83.3 Å². The number of aliphatic hydroxyl groups is 1. The summed E-state index contributed by atoms with van der Waals surface area (Å²) in [6, 6.07) is 0. The van der Waals surface area contributed by atoms with Gasteiger partial charge in [0.25, 0.3) is 0 Å². The van der Waals surface area contributed by atoms with E-state index in [1.807, 2.05) is 0 Å². The predicted octanol–water partition coefficient (Wildman–Crippen LogP) is 3.84. The molecule has 1 amide bonds. The molecular formula is C20H41NNa2O2. The Morgan fingerprint density at radius 2 is 1.28 bits per heavy atom. The Morgan fingerprint density at radius 3 is 1.80 bits per heavy atom. The second kappa shape index (κ2) is 27.4. The van der Waals surface area contributed by atoms with E-state index >= 15 is 0 Å². The van der Waals surface area contributed by atoms with Crippen LogP contribution in [0, 0.1) is 0 Å². The number of unbranched alkanes of at least 4 members (excludes halogenated alkanes) is 11. The Bertz CT molecular complexity index is 287. The number of carbonyl (C=O) groups excluding carboxylic acids is 1. The first-order valence-corrected chi connectivity index (χ1v) is 9.83. The van der Waals surface area contributed by atoms with Gasteiger partial charge in [0, 0.05) is 13.0 Å². The van der Waals surface area contributed by atoms with Crippen LogP contribution in [-0.2, 0) is 4.79 Å². The quantitative estimate of drug-likeness (QED) is 0.231. The number of hydrogen-bond acceptors (Lipinski definition) is 2. The zero-order chi connectivity index (χ0) is 17.0. The first-order valence-electron chi connectivity index (χ1n) is 9.83. The summed E-state index contributed by atoms with van der Waals surface area (Å²) in [4.78, 5) is 11.3. The summed E-state index contributed by atoms with van der Waals surface area (Å²) in [5.41, 5.74) is 0. The van der Waals surface area contributed by atoms with Gasteiger partial charge in [-0.25, -0.2) is 0 Å². The van der Waals surface area contributed by atoms with E-state index < -0.39 is 0 Å². The van der Waals surface area contributed by atoms with Gasteiger partial charge < -0.3 is 10.4 Å². The van der Waals surface area contributed by atoms with Gasteiger partial charge in [0.1, 0.15) is 0 Å².